The van der Waals surface area contributed by atoms with Crippen molar-refractivity contribution in [1.29, 1.82) is 0 Å². The predicted molar refractivity (Wildman–Crippen MR) is 202 cm³/mol. The molecular weight excluding hydrogens is 604 g/mol. The van der Waals surface area contributed by atoms with Gasteiger partial charge in [-0.2, -0.15) is 0 Å². The zero-order chi connectivity index (χ0) is 33.5. The van der Waals surface area contributed by atoms with Crippen molar-refractivity contribution in [3.63, 3.8) is 0 Å². The number of hydrogen-bond donors (Lipinski definition) is 2. The van der Waals surface area contributed by atoms with Gasteiger partial charge in [-0.25, -0.2) is 0 Å². The van der Waals surface area contributed by atoms with E-state index in [9.17, 15) is 10.2 Å². The van der Waals surface area contributed by atoms with Crippen LogP contribution in [0.3, 0.4) is 0 Å². The molecule has 0 aromatic heterocycles. The summed E-state index contributed by atoms with van der Waals surface area (Å²) < 4.78 is 13.4. The molecule has 0 atom stereocenters. The molecule has 0 aliphatic rings. The maximum atomic E-state index is 11.3. The molecule has 2 N–H and O–H groups in total. The Morgan fingerprint density at radius 3 is 1.06 bits per heavy atom. The van der Waals surface area contributed by atoms with Gasteiger partial charge in [0, 0.05) is 27.7 Å². The molecule has 240 valence electrons. The standard InChI is InChI=1S/C45H36O4/c1-45(2,27-48-39-25-21-31-13-5-9-17-35(31)43(39)41-33-15-7-3-11-29(33)19-23-37(41)46)28-49-40-26-22-32-14-6-10-18-36(32)44(40)42-34-16-8-4-12-30(34)20-24-38(42)47/h3-26,46-47H,27-28H2,1-2H3. The second kappa shape index (κ2) is 12.2. The third-order valence-electron chi connectivity index (χ3n) is 9.33. The summed E-state index contributed by atoms with van der Waals surface area (Å²) in [4.78, 5) is 0. The highest BCUT2D eigenvalue weighted by Gasteiger charge is 2.25. The van der Waals surface area contributed by atoms with Gasteiger partial charge in [0.1, 0.15) is 23.0 Å². The highest BCUT2D eigenvalue weighted by Crippen LogP contribution is 2.47. The summed E-state index contributed by atoms with van der Waals surface area (Å²) in [5.41, 5.74) is 2.84. The fraction of sp³-hybridized carbons (Fsp3) is 0.111. The molecule has 0 fully saturated rings. The van der Waals surface area contributed by atoms with Gasteiger partial charge in [-0.15, -0.1) is 0 Å². The molecule has 0 amide bonds. The van der Waals surface area contributed by atoms with Crippen LogP contribution in [0.1, 0.15) is 13.8 Å². The van der Waals surface area contributed by atoms with Crippen molar-refractivity contribution in [2.24, 2.45) is 5.41 Å². The van der Waals surface area contributed by atoms with Gasteiger partial charge < -0.3 is 19.7 Å². The minimum Gasteiger partial charge on any atom is -0.507 e. The molecule has 8 aromatic carbocycles. The maximum absolute atomic E-state index is 11.3. The van der Waals surface area contributed by atoms with Crippen molar-refractivity contribution in [3.8, 4) is 45.3 Å². The minimum atomic E-state index is -0.409. The third-order valence-corrected chi connectivity index (χ3v) is 9.33. The fourth-order valence-electron chi connectivity index (χ4n) is 6.89. The molecule has 0 saturated heterocycles. The number of rotatable bonds is 8. The van der Waals surface area contributed by atoms with Gasteiger partial charge in [-0.05, 0) is 67.4 Å². The topological polar surface area (TPSA) is 58.9 Å². The predicted octanol–water partition coefficient (Wildman–Crippen LogP) is 11.5. The second-order valence-corrected chi connectivity index (χ2v) is 13.4. The Labute approximate surface area is 285 Å². The molecule has 0 unspecified atom stereocenters. The molecule has 8 rings (SSSR count). The quantitative estimate of drug-likeness (QED) is 0.173. The summed E-state index contributed by atoms with van der Waals surface area (Å²) in [6.45, 7) is 4.98. The van der Waals surface area contributed by atoms with Gasteiger partial charge in [0.2, 0.25) is 0 Å². The maximum Gasteiger partial charge on any atom is 0.127 e. The molecule has 0 saturated carbocycles. The van der Waals surface area contributed by atoms with Crippen LogP contribution in [0.15, 0.2) is 146 Å². The SMILES string of the molecule is CC(C)(COc1ccc2ccccc2c1-c1c(O)ccc2ccccc12)COc1ccc2ccccc2c1-c1c(O)ccc2ccccc12. The van der Waals surface area contributed by atoms with Gasteiger partial charge in [-0.3, -0.25) is 0 Å². The number of hydrogen-bond acceptors (Lipinski definition) is 4. The normalized spacial score (nSPS) is 11.8. The molecule has 4 nitrogen and oxygen atoms in total. The lowest BCUT2D eigenvalue weighted by Crippen LogP contribution is -2.29. The van der Waals surface area contributed by atoms with Crippen LogP contribution in [0.25, 0.3) is 65.3 Å². The van der Waals surface area contributed by atoms with Crippen LogP contribution < -0.4 is 9.47 Å². The summed E-state index contributed by atoms with van der Waals surface area (Å²) in [5.74, 6) is 1.82. The number of aromatic hydroxyl groups is 2. The zero-order valence-electron chi connectivity index (χ0n) is 27.5. The zero-order valence-corrected chi connectivity index (χ0v) is 27.5. The lowest BCUT2D eigenvalue weighted by atomic mass is 9.91. The van der Waals surface area contributed by atoms with E-state index in [2.05, 4.69) is 62.4 Å². The van der Waals surface area contributed by atoms with Crippen molar-refractivity contribution in [1.82, 2.24) is 0 Å². The van der Waals surface area contributed by atoms with Gasteiger partial charge in [-0.1, -0.05) is 135 Å². The Morgan fingerprint density at radius 2 is 0.694 bits per heavy atom. The van der Waals surface area contributed by atoms with Crippen molar-refractivity contribution in [2.75, 3.05) is 13.2 Å². The van der Waals surface area contributed by atoms with E-state index in [0.717, 1.165) is 65.3 Å². The van der Waals surface area contributed by atoms with Crippen LogP contribution in [-0.2, 0) is 0 Å². The Hall–Kier alpha value is -6.00. The van der Waals surface area contributed by atoms with Gasteiger partial charge >= 0.3 is 0 Å². The highest BCUT2D eigenvalue weighted by atomic mass is 16.5. The van der Waals surface area contributed by atoms with E-state index in [1.165, 1.54) is 0 Å². The average molecular weight is 641 g/mol. The van der Waals surface area contributed by atoms with Gasteiger partial charge in [0.15, 0.2) is 0 Å². The molecule has 8 aromatic rings. The smallest absolute Gasteiger partial charge is 0.127 e. The second-order valence-electron chi connectivity index (χ2n) is 13.4. The monoisotopic (exact) mass is 640 g/mol. The van der Waals surface area contributed by atoms with Crippen LogP contribution in [0.4, 0.5) is 0 Å². The van der Waals surface area contributed by atoms with Gasteiger partial charge in [0.05, 0.1) is 13.2 Å². The molecule has 0 bridgehead atoms. The van der Waals surface area contributed by atoms with Crippen LogP contribution in [0.5, 0.6) is 23.0 Å². The number of phenols is 2. The molecule has 0 heterocycles. The number of benzene rings is 8. The first-order valence-corrected chi connectivity index (χ1v) is 16.6. The first-order valence-electron chi connectivity index (χ1n) is 16.6. The van der Waals surface area contributed by atoms with Gasteiger partial charge in [0.25, 0.3) is 0 Å². The van der Waals surface area contributed by atoms with E-state index >= 15 is 0 Å². The molecule has 4 heteroatoms. The van der Waals surface area contributed by atoms with E-state index in [-0.39, 0.29) is 11.5 Å². The van der Waals surface area contributed by atoms with Crippen molar-refractivity contribution < 1.29 is 19.7 Å². The van der Waals surface area contributed by atoms with Crippen LogP contribution in [0, 0.1) is 5.41 Å². The lowest BCUT2D eigenvalue weighted by molar-refractivity contribution is 0.111. The summed E-state index contributed by atoms with van der Waals surface area (Å²) in [5, 5.41) is 30.7. The fourth-order valence-corrected chi connectivity index (χ4v) is 6.89. The summed E-state index contributed by atoms with van der Waals surface area (Å²) in [7, 11) is 0. The summed E-state index contributed by atoms with van der Waals surface area (Å²) in [6, 6.07) is 48.2. The summed E-state index contributed by atoms with van der Waals surface area (Å²) >= 11 is 0. The van der Waals surface area contributed by atoms with E-state index in [1.54, 1.807) is 12.1 Å². The molecule has 0 spiro atoms. The van der Waals surface area contributed by atoms with Crippen LogP contribution in [-0.4, -0.2) is 23.4 Å². The Bertz CT molecular complexity index is 2340. The minimum absolute atomic E-state index is 0.211. The van der Waals surface area contributed by atoms with Crippen molar-refractivity contribution in [3.05, 3.63) is 146 Å². The van der Waals surface area contributed by atoms with Crippen LogP contribution in [0.2, 0.25) is 0 Å². The molecule has 49 heavy (non-hydrogen) atoms. The van der Waals surface area contributed by atoms with Crippen molar-refractivity contribution >= 4 is 43.1 Å². The first-order chi connectivity index (χ1) is 23.9. The first kappa shape index (κ1) is 30.3. The average Bonchev–Trinajstić information content (AvgIpc) is 3.13. The van der Waals surface area contributed by atoms with E-state index in [0.29, 0.717) is 24.7 Å². The van der Waals surface area contributed by atoms with E-state index in [1.807, 2.05) is 84.9 Å². The highest BCUT2D eigenvalue weighted by molar-refractivity contribution is 6.11. The Balaban J connectivity index is 1.15. The number of phenolic OH excluding ortho intramolecular Hbond substituents is 2. The summed E-state index contributed by atoms with van der Waals surface area (Å²) in [6.07, 6.45) is 0. The molecule has 0 aliphatic carbocycles. The molecule has 0 radical (unpaired) electrons. The van der Waals surface area contributed by atoms with E-state index in [4.69, 9.17) is 9.47 Å². The van der Waals surface area contributed by atoms with Crippen LogP contribution >= 0.6 is 0 Å². The van der Waals surface area contributed by atoms with Crippen molar-refractivity contribution in [2.45, 2.75) is 13.8 Å². The largest absolute Gasteiger partial charge is 0.507 e. The number of ether oxygens (including phenoxy) is 2. The molecule has 0 aliphatic heterocycles. The Kier molecular flexibility index (Phi) is 7.57. The third kappa shape index (κ3) is 5.55. The molecular formula is C45H36O4. The Morgan fingerprint density at radius 1 is 0.388 bits per heavy atom. The lowest BCUT2D eigenvalue weighted by Gasteiger charge is -2.27. The number of fused-ring (bicyclic) bond motifs is 4. The van der Waals surface area contributed by atoms with E-state index < -0.39 is 5.41 Å².